The Bertz CT molecular complexity index is 741. The molecular formula is C15H16F3N5O. The fraction of sp³-hybridized carbons (Fsp3) is 0.333. The fourth-order valence-electron chi connectivity index (χ4n) is 2.59. The van der Waals surface area contributed by atoms with Gasteiger partial charge in [0.15, 0.2) is 5.96 Å². The summed E-state index contributed by atoms with van der Waals surface area (Å²) in [7, 11) is 0. The number of aryl methyl sites for hydroxylation is 1. The van der Waals surface area contributed by atoms with Gasteiger partial charge in [-0.3, -0.25) is 0 Å². The second kappa shape index (κ2) is 6.42. The number of ether oxygens (including phenoxy) is 1. The summed E-state index contributed by atoms with van der Waals surface area (Å²) < 4.78 is 42.7. The lowest BCUT2D eigenvalue weighted by atomic mass is 10.1. The van der Waals surface area contributed by atoms with Crippen molar-refractivity contribution in [1.29, 1.82) is 0 Å². The minimum absolute atomic E-state index is 0.0120. The molecule has 6 nitrogen and oxygen atoms in total. The van der Waals surface area contributed by atoms with Gasteiger partial charge in [-0.05, 0) is 18.6 Å². The van der Waals surface area contributed by atoms with Gasteiger partial charge in [-0.15, -0.1) is 13.2 Å². The van der Waals surface area contributed by atoms with Crippen molar-refractivity contribution in [1.82, 2.24) is 9.55 Å². The number of nitrogens with zero attached hydrogens (tertiary/aromatic N) is 3. The highest BCUT2D eigenvalue weighted by atomic mass is 19.4. The molecule has 3 rings (SSSR count). The molecule has 1 unspecified atom stereocenters. The van der Waals surface area contributed by atoms with Gasteiger partial charge in [-0.1, -0.05) is 6.07 Å². The first-order valence-corrected chi connectivity index (χ1v) is 7.35. The van der Waals surface area contributed by atoms with Gasteiger partial charge in [0.1, 0.15) is 11.6 Å². The lowest BCUT2D eigenvalue weighted by molar-refractivity contribution is -0.274. The standard InChI is InChI=1S/C15H16F3N5O/c16-15(17,18)24-12-3-1-2-10(8-12)21-14(19)22-11-4-6-23-7-5-20-13(23)9-11/h1-3,5,7-8,11H,4,6,9H2,(H3,19,21,22). The number of imidazole rings is 1. The Labute approximate surface area is 136 Å². The number of aliphatic imine (C=N–C) groups is 1. The summed E-state index contributed by atoms with van der Waals surface area (Å²) in [6, 6.07) is 5.44. The van der Waals surface area contributed by atoms with E-state index in [4.69, 9.17) is 5.73 Å². The van der Waals surface area contributed by atoms with Crippen molar-refractivity contribution in [3.8, 4) is 5.75 Å². The number of anilines is 1. The normalized spacial score (nSPS) is 18.1. The van der Waals surface area contributed by atoms with Gasteiger partial charge in [0, 0.05) is 37.1 Å². The van der Waals surface area contributed by atoms with Gasteiger partial charge >= 0.3 is 6.36 Å². The van der Waals surface area contributed by atoms with Gasteiger partial charge in [0.25, 0.3) is 0 Å². The smallest absolute Gasteiger partial charge is 0.406 e. The summed E-state index contributed by atoms with van der Waals surface area (Å²) in [5.74, 6) is 0.771. The third kappa shape index (κ3) is 4.18. The topological polar surface area (TPSA) is 77.5 Å². The monoisotopic (exact) mass is 339 g/mol. The summed E-state index contributed by atoms with van der Waals surface area (Å²) >= 11 is 0. The van der Waals surface area contributed by atoms with E-state index in [-0.39, 0.29) is 17.8 Å². The zero-order chi connectivity index (χ0) is 17.2. The van der Waals surface area contributed by atoms with E-state index in [0.29, 0.717) is 12.1 Å². The first-order chi connectivity index (χ1) is 11.4. The summed E-state index contributed by atoms with van der Waals surface area (Å²) in [6.07, 6.45) is 0.427. The van der Waals surface area contributed by atoms with Crippen LogP contribution in [0, 0.1) is 0 Å². The number of nitrogens with two attached hydrogens (primary N) is 1. The first-order valence-electron chi connectivity index (χ1n) is 7.35. The third-order valence-electron chi connectivity index (χ3n) is 3.58. The minimum Gasteiger partial charge on any atom is -0.406 e. The number of hydrogen-bond acceptors (Lipinski definition) is 3. The molecule has 2 heterocycles. The van der Waals surface area contributed by atoms with Crippen LogP contribution in [0.15, 0.2) is 41.7 Å². The van der Waals surface area contributed by atoms with Crippen LogP contribution in [0.4, 0.5) is 18.9 Å². The van der Waals surface area contributed by atoms with Crippen molar-refractivity contribution in [3.63, 3.8) is 0 Å². The van der Waals surface area contributed by atoms with Crippen molar-refractivity contribution >= 4 is 11.6 Å². The van der Waals surface area contributed by atoms with Crippen LogP contribution in [0.1, 0.15) is 12.2 Å². The van der Waals surface area contributed by atoms with Crippen molar-refractivity contribution in [2.45, 2.75) is 31.8 Å². The largest absolute Gasteiger partial charge is 0.573 e. The van der Waals surface area contributed by atoms with E-state index in [1.807, 2.05) is 6.20 Å². The number of fused-ring (bicyclic) bond motifs is 1. The molecule has 9 heteroatoms. The highest BCUT2D eigenvalue weighted by Crippen LogP contribution is 2.25. The number of aromatic nitrogens is 2. The molecule has 0 aliphatic carbocycles. The zero-order valence-corrected chi connectivity index (χ0v) is 12.6. The van der Waals surface area contributed by atoms with E-state index in [9.17, 15) is 13.2 Å². The average molecular weight is 339 g/mol. The molecule has 2 aromatic rings. The van der Waals surface area contributed by atoms with Gasteiger partial charge < -0.3 is 20.4 Å². The molecular weight excluding hydrogens is 323 g/mol. The van der Waals surface area contributed by atoms with Gasteiger partial charge in [0.05, 0.1) is 6.04 Å². The van der Waals surface area contributed by atoms with E-state index >= 15 is 0 Å². The zero-order valence-electron chi connectivity index (χ0n) is 12.6. The molecule has 0 bridgehead atoms. The van der Waals surface area contributed by atoms with Crippen LogP contribution in [0.25, 0.3) is 0 Å². The third-order valence-corrected chi connectivity index (χ3v) is 3.58. The predicted molar refractivity (Wildman–Crippen MR) is 82.7 cm³/mol. The fourth-order valence-corrected chi connectivity index (χ4v) is 2.59. The molecule has 1 aromatic carbocycles. The van der Waals surface area contributed by atoms with Gasteiger partial charge in [-0.2, -0.15) is 0 Å². The Kier molecular flexibility index (Phi) is 4.32. The quantitative estimate of drug-likeness (QED) is 0.665. The number of nitrogens with one attached hydrogen (secondary N) is 1. The Hall–Kier alpha value is -2.71. The van der Waals surface area contributed by atoms with E-state index in [1.165, 1.54) is 18.2 Å². The van der Waals surface area contributed by atoms with Gasteiger partial charge in [0.2, 0.25) is 0 Å². The molecule has 0 fully saturated rings. The SMILES string of the molecule is NC(=NC1CCn2ccnc2C1)Nc1cccc(OC(F)(F)F)c1. The Balaban J connectivity index is 1.64. The number of guanidine groups is 1. The van der Waals surface area contributed by atoms with Crippen LogP contribution in [-0.2, 0) is 13.0 Å². The predicted octanol–water partition coefficient (Wildman–Crippen LogP) is 2.52. The summed E-state index contributed by atoms with van der Waals surface area (Å²) in [5.41, 5.74) is 6.23. The Morgan fingerprint density at radius 3 is 3.04 bits per heavy atom. The molecule has 0 saturated heterocycles. The molecule has 0 radical (unpaired) electrons. The summed E-state index contributed by atoms with van der Waals surface area (Å²) in [4.78, 5) is 8.63. The highest BCUT2D eigenvalue weighted by molar-refractivity contribution is 5.92. The highest BCUT2D eigenvalue weighted by Gasteiger charge is 2.31. The molecule has 128 valence electrons. The molecule has 1 aliphatic rings. The lowest BCUT2D eigenvalue weighted by Crippen LogP contribution is -2.29. The maximum Gasteiger partial charge on any atom is 0.573 e. The molecule has 0 saturated carbocycles. The van der Waals surface area contributed by atoms with Crippen LogP contribution < -0.4 is 15.8 Å². The molecule has 3 N–H and O–H groups in total. The summed E-state index contributed by atoms with van der Waals surface area (Å²) in [6.45, 7) is 0.811. The molecule has 1 aliphatic heterocycles. The van der Waals surface area contributed by atoms with E-state index in [0.717, 1.165) is 18.8 Å². The molecule has 0 spiro atoms. The van der Waals surface area contributed by atoms with Crippen molar-refractivity contribution in [2.75, 3.05) is 5.32 Å². The molecule has 1 aromatic heterocycles. The number of benzene rings is 1. The number of halogens is 3. The van der Waals surface area contributed by atoms with Crippen molar-refractivity contribution in [2.24, 2.45) is 10.7 Å². The number of hydrogen-bond donors (Lipinski definition) is 2. The number of rotatable bonds is 3. The van der Waals surface area contributed by atoms with Crippen LogP contribution in [0.5, 0.6) is 5.75 Å². The molecule has 1 atom stereocenters. The maximum absolute atomic E-state index is 12.2. The molecule has 0 amide bonds. The minimum atomic E-state index is -4.73. The van der Waals surface area contributed by atoms with E-state index in [1.54, 1.807) is 12.3 Å². The van der Waals surface area contributed by atoms with Crippen LogP contribution in [0.3, 0.4) is 0 Å². The van der Waals surface area contributed by atoms with E-state index < -0.39 is 6.36 Å². The second-order valence-electron chi connectivity index (χ2n) is 5.40. The van der Waals surface area contributed by atoms with E-state index in [2.05, 4.69) is 24.6 Å². The Morgan fingerprint density at radius 2 is 2.25 bits per heavy atom. The Morgan fingerprint density at radius 1 is 1.42 bits per heavy atom. The van der Waals surface area contributed by atoms with Crippen LogP contribution in [-0.4, -0.2) is 27.9 Å². The van der Waals surface area contributed by atoms with Crippen molar-refractivity contribution < 1.29 is 17.9 Å². The molecule has 24 heavy (non-hydrogen) atoms. The second-order valence-corrected chi connectivity index (χ2v) is 5.40. The first kappa shape index (κ1) is 16.2. The van der Waals surface area contributed by atoms with Gasteiger partial charge in [-0.25, -0.2) is 9.98 Å². The average Bonchev–Trinajstić information content (AvgIpc) is 2.93. The van der Waals surface area contributed by atoms with Crippen molar-refractivity contribution in [3.05, 3.63) is 42.5 Å². The number of alkyl halides is 3. The lowest BCUT2D eigenvalue weighted by Gasteiger charge is -2.20. The van der Waals surface area contributed by atoms with Crippen LogP contribution in [0.2, 0.25) is 0 Å². The van der Waals surface area contributed by atoms with Crippen LogP contribution >= 0.6 is 0 Å². The summed E-state index contributed by atoms with van der Waals surface area (Å²) in [5, 5.41) is 2.79. The maximum atomic E-state index is 12.2.